The normalized spacial score (nSPS) is 16.6. The topological polar surface area (TPSA) is 127 Å². The molecule has 0 bridgehead atoms. The Balaban J connectivity index is 0.000000221. The van der Waals surface area contributed by atoms with Gasteiger partial charge in [-0.1, -0.05) is 43.2 Å². The van der Waals surface area contributed by atoms with Gasteiger partial charge < -0.3 is 33.7 Å². The number of rotatable bonds is 6. The maximum atomic E-state index is 14.5. The first kappa shape index (κ1) is 37.5. The van der Waals surface area contributed by atoms with Gasteiger partial charge in [0.05, 0.1) is 25.6 Å². The predicted octanol–water partition coefficient (Wildman–Crippen LogP) is 7.64. The average Bonchev–Trinajstić information content (AvgIpc) is 3.49. The Morgan fingerprint density at radius 3 is 2.08 bits per heavy atom. The lowest BCUT2D eigenvalue weighted by molar-refractivity contribution is -0.134. The smallest absolute Gasteiger partial charge is 0.410 e. The number of hydrogen-bond donors (Lipinski definition) is 1. The van der Waals surface area contributed by atoms with Crippen molar-refractivity contribution < 1.29 is 37.9 Å². The number of aromatic nitrogens is 1. The fraction of sp³-hybridized carbons (Fsp3) is 0.568. The van der Waals surface area contributed by atoms with Crippen molar-refractivity contribution in [1.29, 1.82) is 0 Å². The second kappa shape index (κ2) is 15.9. The molecule has 0 atom stereocenters. The molecule has 1 aromatic heterocycles. The average molecular weight is 683 g/mol. The summed E-state index contributed by atoms with van der Waals surface area (Å²) in [6, 6.07) is 10.6. The van der Waals surface area contributed by atoms with Crippen molar-refractivity contribution in [1.82, 2.24) is 15.0 Å². The van der Waals surface area contributed by atoms with E-state index >= 15 is 0 Å². The monoisotopic (exact) mass is 682 g/mol. The number of halogens is 1. The van der Waals surface area contributed by atoms with Crippen LogP contribution >= 0.6 is 0 Å². The molecule has 0 spiro atoms. The van der Waals surface area contributed by atoms with Crippen molar-refractivity contribution in [2.24, 2.45) is 16.5 Å². The molecule has 268 valence electrons. The van der Waals surface area contributed by atoms with Gasteiger partial charge in [-0.25, -0.2) is 9.18 Å². The third-order valence-corrected chi connectivity index (χ3v) is 8.73. The minimum absolute atomic E-state index is 0.0345. The van der Waals surface area contributed by atoms with Crippen molar-refractivity contribution in [2.45, 2.75) is 85.2 Å². The van der Waals surface area contributed by atoms with Gasteiger partial charge in [-0.15, -0.1) is 0 Å². The van der Waals surface area contributed by atoms with Crippen LogP contribution in [0.5, 0.6) is 11.5 Å². The molecule has 2 aliphatic rings. The van der Waals surface area contributed by atoms with E-state index in [1.807, 2.05) is 43.9 Å². The van der Waals surface area contributed by atoms with Crippen LogP contribution < -0.4 is 9.47 Å². The third-order valence-electron chi connectivity index (χ3n) is 8.73. The fourth-order valence-electron chi connectivity index (χ4n) is 6.26. The number of carbonyl (C=O) groups excluding carboxylic acids is 2. The molecule has 0 radical (unpaired) electrons. The molecule has 0 saturated carbocycles. The van der Waals surface area contributed by atoms with Crippen molar-refractivity contribution in [2.75, 3.05) is 40.4 Å². The first-order chi connectivity index (χ1) is 23.2. The Morgan fingerprint density at radius 2 is 1.51 bits per heavy atom. The fourth-order valence-corrected chi connectivity index (χ4v) is 6.26. The molecular formula is C37H51FN4O7. The van der Waals surface area contributed by atoms with Crippen LogP contribution in [0.3, 0.4) is 0 Å². The van der Waals surface area contributed by atoms with E-state index in [-0.39, 0.29) is 40.4 Å². The van der Waals surface area contributed by atoms with Gasteiger partial charge in [0, 0.05) is 55.4 Å². The lowest BCUT2D eigenvalue weighted by atomic mass is 9.88. The maximum absolute atomic E-state index is 14.5. The van der Waals surface area contributed by atoms with E-state index in [9.17, 15) is 19.2 Å². The number of benzene rings is 2. The van der Waals surface area contributed by atoms with Gasteiger partial charge in [0.25, 0.3) is 0 Å². The van der Waals surface area contributed by atoms with Crippen molar-refractivity contribution in [3.05, 3.63) is 53.5 Å². The van der Waals surface area contributed by atoms with E-state index in [0.29, 0.717) is 49.6 Å². The van der Waals surface area contributed by atoms with Crippen LogP contribution in [0.1, 0.15) is 90.8 Å². The summed E-state index contributed by atoms with van der Waals surface area (Å²) < 4.78 is 35.6. The summed E-state index contributed by atoms with van der Waals surface area (Å²) in [4.78, 5) is 28.1. The van der Waals surface area contributed by atoms with Crippen molar-refractivity contribution in [3.63, 3.8) is 0 Å². The number of oxime groups is 1. The Labute approximate surface area is 288 Å². The minimum Gasteiger partial charge on any atom is -0.494 e. The molecule has 0 aliphatic carbocycles. The molecule has 2 amide bonds. The van der Waals surface area contributed by atoms with Gasteiger partial charge in [-0.3, -0.25) is 4.79 Å². The van der Waals surface area contributed by atoms with Crippen LogP contribution in [-0.2, 0) is 9.53 Å². The van der Waals surface area contributed by atoms with Crippen LogP contribution in [0.25, 0.3) is 11.0 Å². The number of para-hydroxylation sites is 1. The summed E-state index contributed by atoms with van der Waals surface area (Å²) in [5.41, 5.74) is 1.69. The van der Waals surface area contributed by atoms with Crippen LogP contribution in [0, 0.1) is 17.2 Å². The van der Waals surface area contributed by atoms with Crippen LogP contribution in [0.15, 0.2) is 46.1 Å². The number of amides is 2. The molecule has 5 rings (SSSR count). The van der Waals surface area contributed by atoms with E-state index < -0.39 is 11.4 Å². The zero-order valence-electron chi connectivity index (χ0n) is 30.0. The molecule has 49 heavy (non-hydrogen) atoms. The van der Waals surface area contributed by atoms with E-state index in [4.69, 9.17) is 18.7 Å². The zero-order chi connectivity index (χ0) is 35.9. The molecule has 12 heteroatoms. The first-order valence-electron chi connectivity index (χ1n) is 16.9. The second-order valence-electron chi connectivity index (χ2n) is 14.8. The number of nitrogens with zero attached hydrogens (tertiary/aromatic N) is 4. The Kier molecular flexibility index (Phi) is 12.2. The van der Waals surface area contributed by atoms with Gasteiger partial charge >= 0.3 is 6.09 Å². The molecule has 0 unspecified atom stereocenters. The van der Waals surface area contributed by atoms with Gasteiger partial charge in [-0.05, 0) is 76.1 Å². The Bertz CT molecular complexity index is 1610. The van der Waals surface area contributed by atoms with E-state index in [1.165, 1.54) is 13.2 Å². The molecule has 2 fully saturated rings. The summed E-state index contributed by atoms with van der Waals surface area (Å²) in [6.45, 7) is 14.3. The highest BCUT2D eigenvalue weighted by molar-refractivity contribution is 6.02. The largest absolute Gasteiger partial charge is 0.494 e. The first-order valence-corrected chi connectivity index (χ1v) is 16.9. The molecule has 1 N–H and O–H groups in total. The number of piperidine rings is 2. The highest BCUT2D eigenvalue weighted by Gasteiger charge is 2.32. The van der Waals surface area contributed by atoms with Gasteiger partial charge in [0.1, 0.15) is 5.60 Å². The summed E-state index contributed by atoms with van der Waals surface area (Å²) in [6.07, 6.45) is 3.22. The number of likely N-dealkylation sites (tertiary alicyclic amines) is 2. The summed E-state index contributed by atoms with van der Waals surface area (Å²) in [5.74, 6) is 0.705. The Morgan fingerprint density at radius 1 is 0.918 bits per heavy atom. The number of hydrogen-bond acceptors (Lipinski definition) is 9. The SMILES string of the molecule is COc1cccc(/C(=N/O)C2CCN(C(=O)OC(C)(C)C)CC2)c1F.COc1cccc2c(C3CCN(C(=O)CC(C)(C)C)CC3)noc12. The predicted molar refractivity (Wildman–Crippen MR) is 185 cm³/mol. The summed E-state index contributed by atoms with van der Waals surface area (Å²) in [7, 11) is 3.02. The Hall–Kier alpha value is -4.35. The van der Waals surface area contributed by atoms with E-state index in [0.717, 1.165) is 37.0 Å². The van der Waals surface area contributed by atoms with Gasteiger partial charge in [0.15, 0.2) is 17.3 Å². The van der Waals surface area contributed by atoms with Gasteiger partial charge in [-0.2, -0.15) is 0 Å². The number of methoxy groups -OCH3 is 2. The third kappa shape index (κ3) is 9.64. The van der Waals surface area contributed by atoms with Crippen LogP contribution in [-0.4, -0.2) is 83.9 Å². The number of carbonyl (C=O) groups is 2. The highest BCUT2D eigenvalue weighted by Crippen LogP contribution is 2.36. The molecular weight excluding hydrogens is 631 g/mol. The number of ether oxygens (including phenoxy) is 3. The highest BCUT2D eigenvalue weighted by atomic mass is 19.1. The standard InChI is InChI=1S/C19H26N2O3.C18H25FN2O4/c1-19(2,3)12-16(22)21-10-8-13(9-11-21)17-14-6-5-7-15(23-4)18(14)24-20-17;1-18(2,3)25-17(22)21-10-8-12(9-11-21)16(20-23)13-6-5-7-14(24-4)15(13)19/h5-7,13H,8-12H2,1-4H3;5-7,12,23H,8-11H2,1-4H3/b;20-16+. The second-order valence-corrected chi connectivity index (χ2v) is 14.8. The summed E-state index contributed by atoms with van der Waals surface area (Å²) in [5, 5.41) is 18.1. The molecule has 2 aliphatic heterocycles. The maximum Gasteiger partial charge on any atom is 0.410 e. The molecule has 11 nitrogen and oxygen atoms in total. The zero-order valence-corrected chi connectivity index (χ0v) is 30.0. The molecule has 2 aromatic carbocycles. The lowest BCUT2D eigenvalue weighted by Crippen LogP contribution is -2.43. The van der Waals surface area contributed by atoms with Gasteiger partial charge in [0.2, 0.25) is 11.5 Å². The number of fused-ring (bicyclic) bond motifs is 1. The van der Waals surface area contributed by atoms with E-state index in [2.05, 4.69) is 31.1 Å². The van der Waals surface area contributed by atoms with Crippen molar-refractivity contribution in [3.8, 4) is 11.5 Å². The van der Waals surface area contributed by atoms with E-state index in [1.54, 1.807) is 24.1 Å². The molecule has 3 aromatic rings. The quantitative estimate of drug-likeness (QED) is 0.160. The van der Waals surface area contributed by atoms with Crippen LogP contribution in [0.4, 0.5) is 9.18 Å². The molecule has 3 heterocycles. The van der Waals surface area contributed by atoms with Crippen molar-refractivity contribution >= 4 is 28.7 Å². The molecule has 2 saturated heterocycles. The summed E-state index contributed by atoms with van der Waals surface area (Å²) >= 11 is 0. The van der Waals surface area contributed by atoms with Crippen LogP contribution in [0.2, 0.25) is 0 Å². The minimum atomic E-state index is -0.549. The lowest BCUT2D eigenvalue weighted by Gasteiger charge is -2.33.